The summed E-state index contributed by atoms with van der Waals surface area (Å²) >= 11 is 1.27. The first-order valence-corrected chi connectivity index (χ1v) is 9.74. The monoisotopic (exact) mass is 407 g/mol. The number of carbonyl (C=O) groups is 2. The number of nitrogens with zero attached hydrogens (tertiary/aromatic N) is 6. The molecule has 0 saturated carbocycles. The zero-order valence-electron chi connectivity index (χ0n) is 15.8. The van der Waals surface area contributed by atoms with Crippen LogP contribution in [0.3, 0.4) is 0 Å². The van der Waals surface area contributed by atoms with Crippen LogP contribution in [0.15, 0.2) is 21.0 Å². The second kappa shape index (κ2) is 8.00. The van der Waals surface area contributed by atoms with E-state index in [2.05, 4.69) is 15.5 Å². The molecule has 0 unspecified atom stereocenters. The normalized spacial score (nSPS) is 15.8. The summed E-state index contributed by atoms with van der Waals surface area (Å²) in [6.45, 7) is 2.39. The highest BCUT2D eigenvalue weighted by Gasteiger charge is 2.27. The summed E-state index contributed by atoms with van der Waals surface area (Å²) in [6, 6.07) is 0. The van der Waals surface area contributed by atoms with Crippen molar-refractivity contribution < 1.29 is 9.59 Å². The molecule has 3 rings (SSSR count). The molecule has 2 amide bonds. The average molecular weight is 407 g/mol. The van der Waals surface area contributed by atoms with E-state index in [0.717, 1.165) is 17.4 Å². The number of aryl methyl sites for hydroxylation is 1. The van der Waals surface area contributed by atoms with Crippen molar-refractivity contribution in [3.63, 3.8) is 0 Å². The minimum absolute atomic E-state index is 0.0310. The van der Waals surface area contributed by atoms with E-state index in [1.165, 1.54) is 41.3 Å². The molecule has 1 fully saturated rings. The molecule has 3 heterocycles. The fraction of sp³-hybridized carbons (Fsp3) is 0.500. The molecule has 2 aromatic heterocycles. The van der Waals surface area contributed by atoms with Gasteiger partial charge in [0.1, 0.15) is 6.54 Å². The van der Waals surface area contributed by atoms with Crippen molar-refractivity contribution in [1.82, 2.24) is 29.0 Å². The maximum Gasteiger partial charge on any atom is 0.332 e. The number of hydrazone groups is 1. The molecule has 1 saturated heterocycles. The minimum Gasteiger partial charge on any atom is -0.315 e. The van der Waals surface area contributed by atoms with Gasteiger partial charge in [0.15, 0.2) is 16.3 Å². The first kappa shape index (κ1) is 19.9. The zero-order chi connectivity index (χ0) is 20.4. The van der Waals surface area contributed by atoms with Crippen LogP contribution in [0.5, 0.6) is 0 Å². The second-order valence-electron chi connectivity index (χ2n) is 6.37. The van der Waals surface area contributed by atoms with E-state index in [0.29, 0.717) is 17.5 Å². The van der Waals surface area contributed by atoms with E-state index in [-0.39, 0.29) is 23.6 Å². The van der Waals surface area contributed by atoms with Gasteiger partial charge in [-0.1, -0.05) is 25.1 Å². The molecular weight excluding hydrogens is 386 g/mol. The predicted octanol–water partition coefficient (Wildman–Crippen LogP) is -0.804. The first-order chi connectivity index (χ1) is 13.3. The SMILES string of the molecule is CCCCN1C(=O)CSC1=NNC(=O)Cn1cnc2c1c(=O)n(C)c(=O)n2C. The van der Waals surface area contributed by atoms with Crippen LogP contribution in [-0.2, 0) is 30.2 Å². The number of rotatable bonds is 6. The van der Waals surface area contributed by atoms with Crippen LogP contribution in [-0.4, -0.2) is 52.9 Å². The number of nitrogens with one attached hydrogen (secondary N) is 1. The molecule has 150 valence electrons. The molecule has 0 radical (unpaired) electrons. The van der Waals surface area contributed by atoms with Gasteiger partial charge in [-0.2, -0.15) is 0 Å². The van der Waals surface area contributed by atoms with Crippen molar-refractivity contribution in [1.29, 1.82) is 0 Å². The molecule has 1 aliphatic rings. The average Bonchev–Trinajstić information content (AvgIpc) is 3.25. The van der Waals surface area contributed by atoms with Crippen LogP contribution in [0.2, 0.25) is 0 Å². The maximum absolute atomic E-state index is 12.4. The van der Waals surface area contributed by atoms with Crippen LogP contribution >= 0.6 is 11.8 Å². The summed E-state index contributed by atoms with van der Waals surface area (Å²) in [5.74, 6) is -0.205. The van der Waals surface area contributed by atoms with Gasteiger partial charge in [-0.05, 0) is 6.42 Å². The summed E-state index contributed by atoms with van der Waals surface area (Å²) in [6.07, 6.45) is 3.13. The summed E-state index contributed by atoms with van der Waals surface area (Å²) in [4.78, 5) is 54.2. The van der Waals surface area contributed by atoms with E-state index in [1.807, 2.05) is 6.92 Å². The summed E-state index contributed by atoms with van der Waals surface area (Å²) < 4.78 is 3.58. The molecule has 0 aromatic carbocycles. The topological polar surface area (TPSA) is 124 Å². The van der Waals surface area contributed by atoms with Crippen LogP contribution < -0.4 is 16.7 Å². The summed E-state index contributed by atoms with van der Waals surface area (Å²) in [7, 11) is 2.87. The molecule has 0 atom stereocenters. The Morgan fingerprint density at radius 1 is 1.29 bits per heavy atom. The highest BCUT2D eigenvalue weighted by Crippen LogP contribution is 2.19. The first-order valence-electron chi connectivity index (χ1n) is 8.75. The highest BCUT2D eigenvalue weighted by atomic mass is 32.2. The number of aromatic nitrogens is 4. The quantitative estimate of drug-likeness (QED) is 0.625. The van der Waals surface area contributed by atoms with Crippen LogP contribution in [0, 0.1) is 0 Å². The van der Waals surface area contributed by atoms with Gasteiger partial charge in [-0.25, -0.2) is 15.2 Å². The van der Waals surface area contributed by atoms with Crippen molar-refractivity contribution in [3.8, 4) is 0 Å². The van der Waals surface area contributed by atoms with Gasteiger partial charge in [0.2, 0.25) is 5.91 Å². The number of amidine groups is 1. The fourth-order valence-electron chi connectivity index (χ4n) is 2.84. The number of hydrogen-bond acceptors (Lipinski definition) is 7. The number of carbonyl (C=O) groups excluding carboxylic acids is 2. The molecule has 0 spiro atoms. The molecule has 11 nitrogen and oxygen atoms in total. The Bertz CT molecular complexity index is 1080. The molecule has 0 bridgehead atoms. The molecule has 12 heteroatoms. The van der Waals surface area contributed by atoms with E-state index >= 15 is 0 Å². The molecular formula is C16H21N7O4S. The lowest BCUT2D eigenvalue weighted by atomic mass is 10.3. The lowest BCUT2D eigenvalue weighted by Gasteiger charge is -2.15. The molecule has 1 aliphatic heterocycles. The van der Waals surface area contributed by atoms with Crippen LogP contribution in [0.1, 0.15) is 19.8 Å². The molecule has 0 aliphatic carbocycles. The number of hydrogen-bond donors (Lipinski definition) is 1. The summed E-state index contributed by atoms with van der Waals surface area (Å²) in [5.41, 5.74) is 1.76. The van der Waals surface area contributed by atoms with Crippen molar-refractivity contribution in [2.24, 2.45) is 19.2 Å². The van der Waals surface area contributed by atoms with Crippen molar-refractivity contribution in [2.75, 3.05) is 12.3 Å². The maximum atomic E-state index is 12.4. The third-order valence-electron chi connectivity index (χ3n) is 4.40. The van der Waals surface area contributed by atoms with Crippen molar-refractivity contribution >= 4 is 39.9 Å². The lowest BCUT2D eigenvalue weighted by molar-refractivity contribution is -0.124. The third-order valence-corrected chi connectivity index (χ3v) is 5.36. The fourth-order valence-corrected chi connectivity index (χ4v) is 3.70. The summed E-state index contributed by atoms with van der Waals surface area (Å²) in [5, 5.41) is 4.51. The number of unbranched alkanes of at least 4 members (excludes halogenated alkanes) is 1. The smallest absolute Gasteiger partial charge is 0.315 e. The molecule has 2 aromatic rings. The van der Waals surface area contributed by atoms with Crippen molar-refractivity contribution in [3.05, 3.63) is 27.2 Å². The van der Waals surface area contributed by atoms with Gasteiger partial charge >= 0.3 is 5.69 Å². The predicted molar refractivity (Wildman–Crippen MR) is 105 cm³/mol. The number of imidazole rings is 1. The minimum atomic E-state index is -0.530. The Labute approximate surface area is 164 Å². The number of amides is 2. The zero-order valence-corrected chi connectivity index (χ0v) is 16.7. The Hall–Kier alpha value is -2.89. The van der Waals surface area contributed by atoms with Crippen molar-refractivity contribution in [2.45, 2.75) is 26.3 Å². The van der Waals surface area contributed by atoms with Crippen LogP contribution in [0.25, 0.3) is 11.2 Å². The van der Waals surface area contributed by atoms with Gasteiger partial charge in [-0.15, -0.1) is 5.10 Å². The largest absolute Gasteiger partial charge is 0.332 e. The highest BCUT2D eigenvalue weighted by molar-refractivity contribution is 8.15. The van der Waals surface area contributed by atoms with E-state index < -0.39 is 17.2 Å². The third kappa shape index (κ3) is 3.59. The Morgan fingerprint density at radius 2 is 2.04 bits per heavy atom. The standard InChI is InChI=1S/C16H21N7O4S/c1-4-5-6-23-11(25)8-28-15(23)19-18-10(24)7-22-9-17-13-12(22)14(26)21(3)16(27)20(13)2/h9H,4-8H2,1-3H3,(H,18,24). The van der Waals surface area contributed by atoms with E-state index in [9.17, 15) is 19.2 Å². The Balaban J connectivity index is 1.78. The van der Waals surface area contributed by atoms with Crippen LogP contribution in [0.4, 0.5) is 0 Å². The van der Waals surface area contributed by atoms with Gasteiger partial charge in [0.05, 0.1) is 12.1 Å². The van der Waals surface area contributed by atoms with Gasteiger partial charge < -0.3 is 4.57 Å². The molecule has 28 heavy (non-hydrogen) atoms. The number of thioether (sulfide) groups is 1. The van der Waals surface area contributed by atoms with Gasteiger partial charge in [-0.3, -0.25) is 28.4 Å². The Kier molecular flexibility index (Phi) is 5.68. The van der Waals surface area contributed by atoms with Gasteiger partial charge in [0.25, 0.3) is 11.5 Å². The Morgan fingerprint density at radius 3 is 2.75 bits per heavy atom. The lowest BCUT2D eigenvalue weighted by Crippen LogP contribution is -2.38. The number of fused-ring (bicyclic) bond motifs is 1. The second-order valence-corrected chi connectivity index (χ2v) is 7.31. The molecule has 1 N–H and O–H groups in total. The van der Waals surface area contributed by atoms with E-state index in [1.54, 1.807) is 4.90 Å². The van der Waals surface area contributed by atoms with E-state index in [4.69, 9.17) is 0 Å². The van der Waals surface area contributed by atoms with Gasteiger partial charge in [0, 0.05) is 20.6 Å².